The van der Waals surface area contributed by atoms with E-state index >= 15 is 0 Å². The van der Waals surface area contributed by atoms with Gasteiger partial charge >= 0.3 is 0 Å². The third-order valence-corrected chi connectivity index (χ3v) is 2.44. The maximum Gasteiger partial charge on any atom is 0.126 e. The van der Waals surface area contributed by atoms with Gasteiger partial charge in [0.1, 0.15) is 5.82 Å². The fourth-order valence-corrected chi connectivity index (χ4v) is 1.65. The van der Waals surface area contributed by atoms with Crippen LogP contribution in [0.3, 0.4) is 0 Å². The molecule has 0 aliphatic heterocycles. The van der Waals surface area contributed by atoms with Crippen LogP contribution in [-0.2, 0) is 6.42 Å². The molecule has 0 amide bonds. The molecule has 0 bridgehead atoms. The van der Waals surface area contributed by atoms with E-state index in [1.165, 1.54) is 5.56 Å². The summed E-state index contributed by atoms with van der Waals surface area (Å²) in [5, 5.41) is 0. The van der Waals surface area contributed by atoms with Crippen molar-refractivity contribution in [2.45, 2.75) is 40.0 Å². The average molecular weight is 180 g/mol. The summed E-state index contributed by atoms with van der Waals surface area (Å²) in [7, 11) is 0. The van der Waals surface area contributed by atoms with Gasteiger partial charge in [0.05, 0.1) is 0 Å². The van der Waals surface area contributed by atoms with Gasteiger partial charge < -0.3 is 0 Å². The Bertz CT molecular complexity index is 300. The van der Waals surface area contributed by atoms with Gasteiger partial charge in [0.15, 0.2) is 0 Å². The van der Waals surface area contributed by atoms with Crippen LogP contribution >= 0.6 is 0 Å². The summed E-state index contributed by atoms with van der Waals surface area (Å²) in [5.74, 6) is 0.345. The van der Waals surface area contributed by atoms with Crippen molar-refractivity contribution in [3.05, 3.63) is 34.6 Å². The first-order chi connectivity index (χ1) is 6.06. The third kappa shape index (κ3) is 2.09. The van der Waals surface area contributed by atoms with Crippen LogP contribution in [0.15, 0.2) is 12.1 Å². The van der Waals surface area contributed by atoms with Gasteiger partial charge in [-0.25, -0.2) is 4.39 Å². The standard InChI is InChI=1S/C12H17F/c1-5-10-6-9(4)11(8(2)3)7-12(10)13/h6-8H,5H2,1-4H3. The number of hydrogen-bond donors (Lipinski definition) is 0. The highest BCUT2D eigenvalue weighted by molar-refractivity contribution is 5.34. The van der Waals surface area contributed by atoms with Gasteiger partial charge in [0.25, 0.3) is 0 Å². The van der Waals surface area contributed by atoms with E-state index in [0.717, 1.165) is 17.5 Å². The van der Waals surface area contributed by atoms with E-state index in [4.69, 9.17) is 0 Å². The second-order valence-corrected chi connectivity index (χ2v) is 3.81. The van der Waals surface area contributed by atoms with Crippen LogP contribution in [0.5, 0.6) is 0 Å². The minimum atomic E-state index is -0.0585. The van der Waals surface area contributed by atoms with Crippen molar-refractivity contribution in [3.63, 3.8) is 0 Å². The van der Waals surface area contributed by atoms with E-state index < -0.39 is 0 Å². The van der Waals surface area contributed by atoms with Crippen molar-refractivity contribution < 1.29 is 4.39 Å². The molecule has 0 saturated carbocycles. The quantitative estimate of drug-likeness (QED) is 0.649. The van der Waals surface area contributed by atoms with Crippen molar-refractivity contribution in [1.82, 2.24) is 0 Å². The number of rotatable bonds is 2. The zero-order valence-electron chi connectivity index (χ0n) is 8.82. The van der Waals surface area contributed by atoms with Crippen LogP contribution in [0.2, 0.25) is 0 Å². The molecule has 1 rings (SSSR count). The Kier molecular flexibility index (Phi) is 3.07. The maximum atomic E-state index is 13.4. The second kappa shape index (κ2) is 3.91. The summed E-state index contributed by atoms with van der Waals surface area (Å²) in [6.07, 6.45) is 0.769. The molecule has 0 fully saturated rings. The molecular formula is C12H17F. The number of aryl methyl sites for hydroxylation is 2. The normalized spacial score (nSPS) is 10.9. The summed E-state index contributed by atoms with van der Waals surface area (Å²) >= 11 is 0. The van der Waals surface area contributed by atoms with E-state index in [2.05, 4.69) is 13.8 Å². The molecule has 0 unspecified atom stereocenters. The largest absolute Gasteiger partial charge is 0.207 e. The predicted octanol–water partition coefficient (Wildman–Crippen LogP) is 3.82. The van der Waals surface area contributed by atoms with Crippen LogP contribution in [-0.4, -0.2) is 0 Å². The van der Waals surface area contributed by atoms with Crippen molar-refractivity contribution >= 4 is 0 Å². The van der Waals surface area contributed by atoms with Crippen LogP contribution in [0, 0.1) is 12.7 Å². The monoisotopic (exact) mass is 180 g/mol. The van der Waals surface area contributed by atoms with E-state index in [1.54, 1.807) is 6.07 Å². The molecule has 0 aliphatic rings. The first-order valence-electron chi connectivity index (χ1n) is 4.85. The van der Waals surface area contributed by atoms with Crippen LogP contribution in [0.4, 0.5) is 4.39 Å². The Morgan fingerprint density at radius 2 is 1.92 bits per heavy atom. The molecule has 1 heteroatoms. The second-order valence-electron chi connectivity index (χ2n) is 3.81. The smallest absolute Gasteiger partial charge is 0.126 e. The van der Waals surface area contributed by atoms with Crippen molar-refractivity contribution in [1.29, 1.82) is 0 Å². The Morgan fingerprint density at radius 3 is 2.38 bits per heavy atom. The van der Waals surface area contributed by atoms with Gasteiger partial charge in [-0.2, -0.15) is 0 Å². The fraction of sp³-hybridized carbons (Fsp3) is 0.500. The van der Waals surface area contributed by atoms with Gasteiger partial charge in [0.2, 0.25) is 0 Å². The van der Waals surface area contributed by atoms with Crippen LogP contribution in [0.1, 0.15) is 43.4 Å². The predicted molar refractivity (Wildman–Crippen MR) is 54.6 cm³/mol. The number of halogens is 1. The topological polar surface area (TPSA) is 0 Å². The van der Waals surface area contributed by atoms with Crippen molar-refractivity contribution in [2.24, 2.45) is 0 Å². The number of hydrogen-bond acceptors (Lipinski definition) is 0. The molecule has 0 aliphatic carbocycles. The number of benzene rings is 1. The van der Waals surface area contributed by atoms with Crippen molar-refractivity contribution in [3.8, 4) is 0 Å². The molecule has 0 nitrogen and oxygen atoms in total. The third-order valence-electron chi connectivity index (χ3n) is 2.44. The van der Waals surface area contributed by atoms with Gasteiger partial charge in [-0.05, 0) is 42.0 Å². The molecule has 0 atom stereocenters. The Morgan fingerprint density at radius 1 is 1.31 bits per heavy atom. The zero-order chi connectivity index (χ0) is 10.0. The molecule has 0 spiro atoms. The molecule has 0 radical (unpaired) electrons. The van der Waals surface area contributed by atoms with Gasteiger partial charge in [0, 0.05) is 0 Å². The SMILES string of the molecule is CCc1cc(C)c(C(C)C)cc1F. The van der Waals surface area contributed by atoms with Crippen molar-refractivity contribution in [2.75, 3.05) is 0 Å². The molecule has 0 saturated heterocycles. The van der Waals surface area contributed by atoms with E-state index in [1.807, 2.05) is 19.9 Å². The molecule has 72 valence electrons. The summed E-state index contributed by atoms with van der Waals surface area (Å²) in [5.41, 5.74) is 3.14. The Hall–Kier alpha value is -0.850. The highest BCUT2D eigenvalue weighted by atomic mass is 19.1. The van der Waals surface area contributed by atoms with E-state index in [0.29, 0.717) is 5.92 Å². The molecule has 1 aromatic rings. The Labute approximate surface area is 79.8 Å². The lowest BCUT2D eigenvalue weighted by Crippen LogP contribution is -1.97. The first-order valence-corrected chi connectivity index (χ1v) is 4.85. The zero-order valence-corrected chi connectivity index (χ0v) is 8.82. The summed E-state index contributed by atoms with van der Waals surface area (Å²) < 4.78 is 13.4. The fourth-order valence-electron chi connectivity index (χ4n) is 1.65. The average Bonchev–Trinajstić information content (AvgIpc) is 2.07. The lowest BCUT2D eigenvalue weighted by Gasteiger charge is -2.11. The minimum Gasteiger partial charge on any atom is -0.207 e. The van der Waals surface area contributed by atoms with Crippen LogP contribution in [0.25, 0.3) is 0 Å². The molecule has 0 heterocycles. The maximum absolute atomic E-state index is 13.4. The van der Waals surface area contributed by atoms with Gasteiger partial charge in [-0.1, -0.05) is 26.8 Å². The molecular weight excluding hydrogens is 163 g/mol. The summed E-state index contributed by atoms with van der Waals surface area (Å²) in [6, 6.07) is 3.64. The first kappa shape index (κ1) is 10.2. The van der Waals surface area contributed by atoms with Gasteiger partial charge in [-0.15, -0.1) is 0 Å². The highest BCUT2D eigenvalue weighted by Gasteiger charge is 2.08. The van der Waals surface area contributed by atoms with E-state index in [-0.39, 0.29) is 5.82 Å². The summed E-state index contributed by atoms with van der Waals surface area (Å²) in [6.45, 7) is 8.21. The summed E-state index contributed by atoms with van der Waals surface area (Å²) in [4.78, 5) is 0. The Balaban J connectivity index is 3.20. The lowest BCUT2D eigenvalue weighted by molar-refractivity contribution is 0.607. The van der Waals surface area contributed by atoms with E-state index in [9.17, 15) is 4.39 Å². The van der Waals surface area contributed by atoms with Gasteiger partial charge in [-0.3, -0.25) is 0 Å². The highest BCUT2D eigenvalue weighted by Crippen LogP contribution is 2.22. The molecule has 1 aromatic carbocycles. The molecule has 0 N–H and O–H groups in total. The molecule has 13 heavy (non-hydrogen) atoms. The van der Waals surface area contributed by atoms with Crippen LogP contribution < -0.4 is 0 Å². The molecule has 0 aromatic heterocycles. The minimum absolute atomic E-state index is 0.0585. The lowest BCUT2D eigenvalue weighted by atomic mass is 9.95.